The quantitative estimate of drug-likeness (QED) is 0.451. The molecule has 3 nitrogen and oxygen atoms in total. The van der Waals surface area contributed by atoms with E-state index in [9.17, 15) is 0 Å². The smallest absolute Gasteiger partial charge is 0.0902 e. The van der Waals surface area contributed by atoms with E-state index in [4.69, 9.17) is 11.1 Å². The summed E-state index contributed by atoms with van der Waals surface area (Å²) >= 11 is 8.53. The number of hydrogen-bond acceptors (Lipinski definition) is 2. The first-order valence-electron chi connectivity index (χ1n) is 1.91. The highest BCUT2D eigenvalue weighted by atomic mass is 35.6. The SMILES string of the molecule is CCC(=N)N.ClOCl. The fourth-order valence-corrected chi connectivity index (χ4v) is 0. The highest BCUT2D eigenvalue weighted by Gasteiger charge is 1.70. The number of amidine groups is 1. The summed E-state index contributed by atoms with van der Waals surface area (Å²) in [5.41, 5.74) is 4.88. The van der Waals surface area contributed by atoms with Crippen molar-refractivity contribution in [1.29, 1.82) is 5.41 Å². The first-order valence-corrected chi connectivity index (χ1v) is 2.53. The van der Waals surface area contributed by atoms with Crippen LogP contribution in [-0.4, -0.2) is 5.84 Å². The predicted octanol–water partition coefficient (Wildman–Crippen LogP) is 1.64. The molecule has 50 valence electrons. The summed E-state index contributed by atoms with van der Waals surface area (Å²) in [5, 5.41) is 6.52. The van der Waals surface area contributed by atoms with Crippen LogP contribution < -0.4 is 5.73 Å². The number of rotatable bonds is 1. The third-order valence-corrected chi connectivity index (χ3v) is 0.381. The maximum absolute atomic E-state index is 6.52. The fourth-order valence-electron chi connectivity index (χ4n) is 0. The van der Waals surface area contributed by atoms with Gasteiger partial charge in [0.1, 0.15) is 0 Å². The highest BCUT2D eigenvalue weighted by molar-refractivity contribution is 6.24. The molecule has 0 amide bonds. The van der Waals surface area contributed by atoms with Crippen molar-refractivity contribution in [2.45, 2.75) is 13.3 Å². The second kappa shape index (κ2) is 10.1. The lowest BCUT2D eigenvalue weighted by molar-refractivity contribution is 0.697. The van der Waals surface area contributed by atoms with E-state index in [1.807, 2.05) is 6.92 Å². The summed E-state index contributed by atoms with van der Waals surface area (Å²) in [6.45, 7) is 1.85. The Balaban J connectivity index is 0. The number of halogens is 2. The molecule has 0 aromatic carbocycles. The van der Waals surface area contributed by atoms with Gasteiger partial charge < -0.3 is 5.73 Å². The molecule has 0 radical (unpaired) electrons. The van der Waals surface area contributed by atoms with Gasteiger partial charge in [-0.05, 0) is 0 Å². The average Bonchev–Trinajstić information content (AvgIpc) is 1.69. The Hall–Kier alpha value is 0.01000. The van der Waals surface area contributed by atoms with Crippen molar-refractivity contribution in [2.75, 3.05) is 0 Å². The molecule has 0 aliphatic rings. The first kappa shape index (κ1) is 10.9. The molecule has 8 heavy (non-hydrogen) atoms. The van der Waals surface area contributed by atoms with Crippen LogP contribution in [0.3, 0.4) is 0 Å². The zero-order valence-corrected chi connectivity index (χ0v) is 5.96. The van der Waals surface area contributed by atoms with E-state index in [1.54, 1.807) is 0 Å². The minimum absolute atomic E-state index is 0.255. The Morgan fingerprint density at radius 3 is 1.88 bits per heavy atom. The van der Waals surface area contributed by atoms with Gasteiger partial charge in [-0.2, -0.15) is 3.84 Å². The molecule has 0 saturated carbocycles. The third kappa shape index (κ3) is 37.3. The number of nitrogens with two attached hydrogens (primary N) is 1. The Morgan fingerprint density at radius 1 is 1.75 bits per heavy atom. The lowest BCUT2D eigenvalue weighted by Gasteiger charge is -1.79. The summed E-state index contributed by atoms with van der Waals surface area (Å²) < 4.78 is 3.19. The zero-order chi connectivity index (χ0) is 6.99. The summed E-state index contributed by atoms with van der Waals surface area (Å²) in [7, 11) is 0. The molecule has 0 aromatic rings. The maximum atomic E-state index is 6.52. The molecule has 0 heterocycles. The highest BCUT2D eigenvalue weighted by Crippen LogP contribution is 1.78. The van der Waals surface area contributed by atoms with E-state index in [1.165, 1.54) is 0 Å². The molecule has 0 aromatic heterocycles. The van der Waals surface area contributed by atoms with Gasteiger partial charge in [-0.1, -0.05) is 6.92 Å². The molecule has 5 heteroatoms. The van der Waals surface area contributed by atoms with Crippen molar-refractivity contribution in [3.05, 3.63) is 0 Å². The second-order valence-electron chi connectivity index (χ2n) is 0.937. The van der Waals surface area contributed by atoms with Crippen molar-refractivity contribution in [1.82, 2.24) is 0 Å². The van der Waals surface area contributed by atoms with E-state index in [-0.39, 0.29) is 5.84 Å². The van der Waals surface area contributed by atoms with Crippen LogP contribution in [0.15, 0.2) is 0 Å². The lowest BCUT2D eigenvalue weighted by atomic mass is 10.5. The summed E-state index contributed by atoms with van der Waals surface area (Å²) in [6, 6.07) is 0. The van der Waals surface area contributed by atoms with Crippen molar-refractivity contribution < 1.29 is 3.84 Å². The molecule has 0 aliphatic heterocycles. The van der Waals surface area contributed by atoms with Crippen molar-refractivity contribution in [2.24, 2.45) is 5.73 Å². The van der Waals surface area contributed by atoms with E-state index in [0.717, 1.165) is 0 Å². The molecular weight excluding hydrogens is 151 g/mol. The van der Waals surface area contributed by atoms with Gasteiger partial charge >= 0.3 is 0 Å². The monoisotopic (exact) mass is 158 g/mol. The van der Waals surface area contributed by atoms with Crippen molar-refractivity contribution >= 4 is 29.6 Å². The zero-order valence-electron chi connectivity index (χ0n) is 4.45. The number of nitrogens with one attached hydrogen (secondary N) is 1. The second-order valence-corrected chi connectivity index (χ2v) is 1.40. The molecule has 0 aliphatic carbocycles. The van der Waals surface area contributed by atoms with Gasteiger partial charge in [-0.3, -0.25) is 5.41 Å². The van der Waals surface area contributed by atoms with Gasteiger partial charge in [0, 0.05) is 6.42 Å². The molecule has 3 N–H and O–H groups in total. The van der Waals surface area contributed by atoms with Gasteiger partial charge in [0.15, 0.2) is 0 Å². The van der Waals surface area contributed by atoms with Gasteiger partial charge in [-0.25, -0.2) is 0 Å². The predicted molar refractivity (Wildman–Crippen MR) is 35.0 cm³/mol. The topological polar surface area (TPSA) is 59.1 Å². The van der Waals surface area contributed by atoms with Gasteiger partial charge in [0.2, 0.25) is 0 Å². The average molecular weight is 159 g/mol. The summed E-state index contributed by atoms with van der Waals surface area (Å²) in [4.78, 5) is 0. The third-order valence-electron chi connectivity index (χ3n) is 0.381. The van der Waals surface area contributed by atoms with Gasteiger partial charge in [0.05, 0.1) is 29.6 Å². The lowest BCUT2D eigenvalue weighted by Crippen LogP contribution is -2.05. The first-order chi connectivity index (χ1) is 3.68. The fraction of sp³-hybridized carbons (Fsp3) is 0.667. The van der Waals surface area contributed by atoms with Crippen LogP contribution in [-0.2, 0) is 3.84 Å². The van der Waals surface area contributed by atoms with Crippen LogP contribution >= 0.6 is 23.7 Å². The Bertz CT molecular complexity index is 59.2. The van der Waals surface area contributed by atoms with Crippen LogP contribution in [0.4, 0.5) is 0 Å². The van der Waals surface area contributed by atoms with E-state index < -0.39 is 0 Å². The molecule has 0 atom stereocenters. The van der Waals surface area contributed by atoms with Gasteiger partial charge in [-0.15, -0.1) is 0 Å². The normalized spacial score (nSPS) is 6.88. The van der Waals surface area contributed by atoms with Crippen molar-refractivity contribution in [3.63, 3.8) is 0 Å². The summed E-state index contributed by atoms with van der Waals surface area (Å²) in [5.74, 6) is 0.255. The maximum Gasteiger partial charge on any atom is 0.0902 e. The minimum atomic E-state index is 0.255. The minimum Gasteiger partial charge on any atom is -0.388 e. The molecule has 0 rings (SSSR count). The Kier molecular flexibility index (Phi) is 13.7. The molecule has 0 saturated heterocycles. The van der Waals surface area contributed by atoms with Crippen LogP contribution in [0.5, 0.6) is 0 Å². The summed E-state index contributed by atoms with van der Waals surface area (Å²) in [6.07, 6.45) is 0.667. The molecular formula is C3H8Cl2N2O. The van der Waals surface area contributed by atoms with E-state index >= 15 is 0 Å². The largest absolute Gasteiger partial charge is 0.388 e. The standard InChI is InChI=1S/C3H8N2.Cl2O/c1-2-3(4)5;1-3-2/h2H2,1H3,(H3,4,5);. The molecule has 0 spiro atoms. The van der Waals surface area contributed by atoms with Crippen LogP contribution in [0, 0.1) is 5.41 Å². The molecule has 0 fully saturated rings. The Labute approximate surface area is 58.6 Å². The number of hydrogen-bond donors (Lipinski definition) is 2. The van der Waals surface area contributed by atoms with Crippen molar-refractivity contribution in [3.8, 4) is 0 Å². The molecule has 0 unspecified atom stereocenters. The molecule has 0 bridgehead atoms. The van der Waals surface area contributed by atoms with Crippen LogP contribution in [0.25, 0.3) is 0 Å². The van der Waals surface area contributed by atoms with E-state index in [2.05, 4.69) is 27.6 Å². The van der Waals surface area contributed by atoms with E-state index in [0.29, 0.717) is 6.42 Å². The Morgan fingerprint density at radius 2 is 1.88 bits per heavy atom. The van der Waals surface area contributed by atoms with Crippen LogP contribution in [0.2, 0.25) is 0 Å². The van der Waals surface area contributed by atoms with Crippen LogP contribution in [0.1, 0.15) is 13.3 Å². The van der Waals surface area contributed by atoms with Gasteiger partial charge in [0.25, 0.3) is 0 Å².